The Labute approximate surface area is 178 Å². The molecule has 1 atom stereocenters. The molecular formula is C19H15ClF4N6O. The van der Waals surface area contributed by atoms with E-state index in [0.29, 0.717) is 17.8 Å². The lowest BCUT2D eigenvalue weighted by Gasteiger charge is -2.33. The number of hydrogen-bond donors (Lipinski definition) is 0. The first-order valence-electron chi connectivity index (χ1n) is 9.20. The highest BCUT2D eigenvalue weighted by atomic mass is 35.5. The normalized spacial score (nSPS) is 16.4. The summed E-state index contributed by atoms with van der Waals surface area (Å²) in [4.78, 5) is 22.4. The minimum absolute atomic E-state index is 0.139. The summed E-state index contributed by atoms with van der Waals surface area (Å²) >= 11 is 5.92. The Hall–Kier alpha value is -3.08. The molecule has 2 aromatic heterocycles. The van der Waals surface area contributed by atoms with Crippen LogP contribution in [0.4, 0.5) is 17.6 Å². The van der Waals surface area contributed by atoms with E-state index in [1.807, 2.05) is 0 Å². The molecule has 162 valence electrons. The quantitative estimate of drug-likeness (QED) is 0.548. The van der Waals surface area contributed by atoms with Crippen LogP contribution in [0.15, 0.2) is 24.4 Å². The van der Waals surface area contributed by atoms with Crippen LogP contribution in [0.2, 0.25) is 5.02 Å². The van der Waals surface area contributed by atoms with Gasteiger partial charge in [0.2, 0.25) is 0 Å². The summed E-state index contributed by atoms with van der Waals surface area (Å²) in [6, 6.07) is 2.64. The first-order chi connectivity index (χ1) is 14.6. The zero-order valence-electron chi connectivity index (χ0n) is 16.3. The van der Waals surface area contributed by atoms with E-state index in [-0.39, 0.29) is 23.8 Å². The van der Waals surface area contributed by atoms with E-state index in [1.165, 1.54) is 22.6 Å². The maximum atomic E-state index is 13.5. The fourth-order valence-corrected chi connectivity index (χ4v) is 3.80. The molecule has 0 N–H and O–H groups in total. The van der Waals surface area contributed by atoms with Gasteiger partial charge in [-0.2, -0.15) is 17.9 Å². The molecule has 3 aromatic rings. The van der Waals surface area contributed by atoms with Crippen LogP contribution in [-0.2, 0) is 12.6 Å². The van der Waals surface area contributed by atoms with Crippen LogP contribution in [-0.4, -0.2) is 42.3 Å². The lowest BCUT2D eigenvalue weighted by Crippen LogP contribution is -2.39. The summed E-state index contributed by atoms with van der Waals surface area (Å²) in [5.74, 6) is -1.06. The molecule has 0 bridgehead atoms. The molecule has 1 aliphatic rings. The Morgan fingerprint density at radius 2 is 2.03 bits per heavy atom. The van der Waals surface area contributed by atoms with Gasteiger partial charge in [0.05, 0.1) is 39.8 Å². The van der Waals surface area contributed by atoms with Gasteiger partial charge in [-0.05, 0) is 26.0 Å². The average Bonchev–Trinajstić information content (AvgIpc) is 3.14. The highest BCUT2D eigenvalue weighted by Crippen LogP contribution is 2.38. The lowest BCUT2D eigenvalue weighted by atomic mass is 10.0. The molecule has 0 saturated carbocycles. The average molecular weight is 455 g/mol. The number of carbonyl (C=O) groups excluding carboxylic acids is 1. The predicted molar refractivity (Wildman–Crippen MR) is 101 cm³/mol. The molecule has 7 nitrogen and oxygen atoms in total. The third-order valence-electron chi connectivity index (χ3n) is 5.14. The SMILES string of the molecule is Cc1nc(-n2nnc3c2CCN(C(=O)c2cccc(C(F)(F)F)c2Cl)[C@@H]3C)ncc1F. The molecule has 0 spiro atoms. The fraction of sp³-hybridized carbons (Fsp3) is 0.316. The van der Waals surface area contributed by atoms with Gasteiger partial charge in [0, 0.05) is 13.0 Å². The van der Waals surface area contributed by atoms with Crippen LogP contribution in [0.3, 0.4) is 0 Å². The predicted octanol–water partition coefficient (Wildman–Crippen LogP) is 3.94. The molecule has 0 unspecified atom stereocenters. The van der Waals surface area contributed by atoms with Crippen molar-refractivity contribution < 1.29 is 22.4 Å². The maximum Gasteiger partial charge on any atom is 0.417 e. The summed E-state index contributed by atoms with van der Waals surface area (Å²) in [5.41, 5.74) is -0.0723. The minimum Gasteiger partial charge on any atom is -0.330 e. The number of hydrogen-bond acceptors (Lipinski definition) is 5. The third-order valence-corrected chi connectivity index (χ3v) is 5.54. The van der Waals surface area contributed by atoms with E-state index >= 15 is 0 Å². The molecular weight excluding hydrogens is 440 g/mol. The van der Waals surface area contributed by atoms with Gasteiger partial charge in [-0.3, -0.25) is 4.79 Å². The van der Waals surface area contributed by atoms with Crippen LogP contribution in [0.1, 0.15) is 46.0 Å². The van der Waals surface area contributed by atoms with Crippen molar-refractivity contribution in [3.63, 3.8) is 0 Å². The van der Waals surface area contributed by atoms with Crippen LogP contribution in [0, 0.1) is 12.7 Å². The lowest BCUT2D eigenvalue weighted by molar-refractivity contribution is -0.137. The van der Waals surface area contributed by atoms with Crippen LogP contribution >= 0.6 is 11.6 Å². The summed E-state index contributed by atoms with van der Waals surface area (Å²) in [5, 5.41) is 7.49. The fourth-order valence-electron chi connectivity index (χ4n) is 3.49. The van der Waals surface area contributed by atoms with Crippen molar-refractivity contribution in [3.8, 4) is 5.95 Å². The Balaban J connectivity index is 1.66. The van der Waals surface area contributed by atoms with Gasteiger partial charge in [-0.15, -0.1) is 5.10 Å². The number of nitrogens with zero attached hydrogens (tertiary/aromatic N) is 6. The number of alkyl halides is 3. The van der Waals surface area contributed by atoms with E-state index in [2.05, 4.69) is 20.3 Å². The molecule has 3 heterocycles. The van der Waals surface area contributed by atoms with Crippen molar-refractivity contribution in [2.24, 2.45) is 0 Å². The molecule has 31 heavy (non-hydrogen) atoms. The molecule has 0 radical (unpaired) electrons. The van der Waals surface area contributed by atoms with Gasteiger partial charge in [0.25, 0.3) is 11.9 Å². The van der Waals surface area contributed by atoms with Crippen LogP contribution in [0.25, 0.3) is 5.95 Å². The van der Waals surface area contributed by atoms with Gasteiger partial charge in [-0.25, -0.2) is 14.4 Å². The van der Waals surface area contributed by atoms with Crippen molar-refractivity contribution >= 4 is 17.5 Å². The number of rotatable bonds is 2. The van der Waals surface area contributed by atoms with Gasteiger partial charge >= 0.3 is 6.18 Å². The molecule has 12 heteroatoms. The van der Waals surface area contributed by atoms with E-state index in [9.17, 15) is 22.4 Å². The summed E-state index contributed by atoms with van der Waals surface area (Å²) in [7, 11) is 0. The number of fused-ring (bicyclic) bond motifs is 1. The van der Waals surface area contributed by atoms with Crippen LogP contribution < -0.4 is 0 Å². The smallest absolute Gasteiger partial charge is 0.330 e. The Morgan fingerprint density at radius 1 is 1.29 bits per heavy atom. The van der Waals surface area contributed by atoms with E-state index in [1.54, 1.807) is 6.92 Å². The number of aryl methyl sites for hydroxylation is 1. The first kappa shape index (κ1) is 21.2. The maximum absolute atomic E-state index is 13.5. The second kappa shape index (κ2) is 7.56. The van der Waals surface area contributed by atoms with Crippen molar-refractivity contribution in [1.29, 1.82) is 0 Å². The minimum atomic E-state index is -4.68. The van der Waals surface area contributed by atoms with E-state index < -0.39 is 34.5 Å². The molecule has 0 fully saturated rings. The van der Waals surface area contributed by atoms with Crippen molar-refractivity contribution in [3.05, 3.63) is 63.4 Å². The van der Waals surface area contributed by atoms with Crippen molar-refractivity contribution in [2.75, 3.05) is 6.54 Å². The largest absolute Gasteiger partial charge is 0.417 e. The number of halogens is 5. The Morgan fingerprint density at radius 3 is 2.71 bits per heavy atom. The zero-order valence-corrected chi connectivity index (χ0v) is 17.0. The number of carbonyl (C=O) groups is 1. The monoisotopic (exact) mass is 454 g/mol. The van der Waals surface area contributed by atoms with Crippen molar-refractivity contribution in [2.45, 2.75) is 32.5 Å². The second-order valence-corrected chi connectivity index (χ2v) is 7.40. The number of aromatic nitrogens is 5. The summed E-state index contributed by atoms with van der Waals surface area (Å²) in [6.45, 7) is 3.37. The first-order valence-corrected chi connectivity index (χ1v) is 9.58. The van der Waals surface area contributed by atoms with Gasteiger partial charge in [-0.1, -0.05) is 22.9 Å². The van der Waals surface area contributed by atoms with E-state index in [0.717, 1.165) is 18.3 Å². The Bertz CT molecular complexity index is 1180. The number of amides is 1. The topological polar surface area (TPSA) is 76.8 Å². The molecule has 0 aliphatic carbocycles. The molecule has 1 aliphatic heterocycles. The van der Waals surface area contributed by atoms with Crippen LogP contribution in [0.5, 0.6) is 0 Å². The number of benzene rings is 1. The third kappa shape index (κ3) is 3.62. The molecule has 4 rings (SSSR count). The highest BCUT2D eigenvalue weighted by molar-refractivity contribution is 6.34. The van der Waals surface area contributed by atoms with Gasteiger partial charge < -0.3 is 4.90 Å². The summed E-state index contributed by atoms with van der Waals surface area (Å²) < 4.78 is 54.3. The Kier molecular flexibility index (Phi) is 5.16. The molecule has 1 aromatic carbocycles. The second-order valence-electron chi connectivity index (χ2n) is 7.03. The zero-order chi connectivity index (χ0) is 22.5. The van der Waals surface area contributed by atoms with Crippen molar-refractivity contribution in [1.82, 2.24) is 29.9 Å². The summed E-state index contributed by atoms with van der Waals surface area (Å²) in [6.07, 6.45) is -3.34. The standard InChI is InChI=1S/C19H15ClF4N6O/c1-9-13(21)8-25-18(26-9)30-14-6-7-29(10(2)16(14)27-28-30)17(31)11-4-3-5-12(15(11)20)19(22,23)24/h3-5,8,10H,6-7H2,1-2H3/t10-/m1/s1. The van der Waals surface area contributed by atoms with E-state index in [4.69, 9.17) is 11.6 Å². The molecule has 0 saturated heterocycles. The van der Waals surface area contributed by atoms with Gasteiger partial charge in [0.1, 0.15) is 5.69 Å². The van der Waals surface area contributed by atoms with Gasteiger partial charge in [0.15, 0.2) is 5.82 Å². The highest BCUT2D eigenvalue weighted by Gasteiger charge is 2.37. The molecule has 1 amide bonds.